The van der Waals surface area contributed by atoms with Crippen LogP contribution >= 0.6 is 0 Å². The van der Waals surface area contributed by atoms with Gasteiger partial charge in [0.2, 0.25) is 5.91 Å². The number of hydrogen-bond donors (Lipinski definition) is 1. The van der Waals surface area contributed by atoms with Crippen LogP contribution < -0.4 is 14.8 Å². The molecule has 1 amide bonds. The van der Waals surface area contributed by atoms with Crippen molar-refractivity contribution in [2.75, 3.05) is 13.2 Å². The summed E-state index contributed by atoms with van der Waals surface area (Å²) in [6, 6.07) is 15.1. The van der Waals surface area contributed by atoms with Gasteiger partial charge in [-0.05, 0) is 30.2 Å². The van der Waals surface area contributed by atoms with Gasteiger partial charge in [-0.25, -0.2) is 0 Å². The fourth-order valence-electron chi connectivity index (χ4n) is 3.27. The highest BCUT2D eigenvalue weighted by Gasteiger charge is 2.17. The van der Waals surface area contributed by atoms with Gasteiger partial charge in [-0.3, -0.25) is 9.59 Å². The van der Waals surface area contributed by atoms with Crippen LogP contribution in [0.2, 0.25) is 0 Å². The first-order chi connectivity index (χ1) is 13.7. The summed E-state index contributed by atoms with van der Waals surface area (Å²) in [5.41, 5.74) is 1.64. The molecule has 0 bridgehead atoms. The molecule has 1 unspecified atom stereocenters. The number of carbonyl (C=O) groups excluding carboxylic acids is 2. The second kappa shape index (κ2) is 9.93. The average Bonchev–Trinajstić information content (AvgIpc) is 2.97. The van der Waals surface area contributed by atoms with E-state index in [1.165, 1.54) is 0 Å². The van der Waals surface area contributed by atoms with E-state index in [1.807, 2.05) is 30.3 Å². The Hall–Kier alpha value is -2.82. The quantitative estimate of drug-likeness (QED) is 0.685. The van der Waals surface area contributed by atoms with E-state index >= 15 is 0 Å². The van der Waals surface area contributed by atoms with Gasteiger partial charge in [0.05, 0.1) is 19.3 Å². The van der Waals surface area contributed by atoms with Gasteiger partial charge in [0, 0.05) is 24.8 Å². The first kappa shape index (κ1) is 19.9. The monoisotopic (exact) mass is 381 g/mol. The van der Waals surface area contributed by atoms with Crippen molar-refractivity contribution in [3.63, 3.8) is 0 Å². The molecule has 1 aliphatic heterocycles. The van der Waals surface area contributed by atoms with Crippen molar-refractivity contribution in [1.29, 1.82) is 0 Å². The number of ether oxygens (including phenoxy) is 2. The Morgan fingerprint density at radius 3 is 2.50 bits per heavy atom. The second-order valence-corrected chi connectivity index (χ2v) is 6.95. The summed E-state index contributed by atoms with van der Waals surface area (Å²) >= 11 is 0. The molecule has 5 nitrogen and oxygen atoms in total. The van der Waals surface area contributed by atoms with Crippen molar-refractivity contribution in [2.45, 2.75) is 45.1 Å². The maximum atomic E-state index is 12.5. The molecule has 1 aliphatic rings. The topological polar surface area (TPSA) is 64.6 Å². The zero-order valence-corrected chi connectivity index (χ0v) is 16.3. The number of benzene rings is 2. The third-order valence-electron chi connectivity index (χ3n) is 4.76. The molecule has 0 aliphatic carbocycles. The normalized spacial score (nSPS) is 14.0. The van der Waals surface area contributed by atoms with Crippen LogP contribution in [0.4, 0.5) is 0 Å². The molecule has 148 valence electrons. The molecular weight excluding hydrogens is 354 g/mol. The van der Waals surface area contributed by atoms with E-state index in [9.17, 15) is 9.59 Å². The van der Waals surface area contributed by atoms with E-state index in [-0.39, 0.29) is 30.6 Å². The summed E-state index contributed by atoms with van der Waals surface area (Å²) in [6.45, 7) is 3.28. The first-order valence-electron chi connectivity index (χ1n) is 9.94. The third kappa shape index (κ3) is 5.35. The maximum Gasteiger partial charge on any atom is 0.220 e. The number of Topliss-reactive ketones (excluding diaryl/α,β-unsaturated/α-hetero) is 1. The summed E-state index contributed by atoms with van der Waals surface area (Å²) in [4.78, 5) is 24.9. The average molecular weight is 381 g/mol. The molecule has 1 heterocycles. The Morgan fingerprint density at radius 2 is 1.75 bits per heavy atom. The number of nitrogens with one attached hydrogen (secondary N) is 1. The lowest BCUT2D eigenvalue weighted by Crippen LogP contribution is -2.28. The van der Waals surface area contributed by atoms with Crippen LogP contribution in [0.15, 0.2) is 48.5 Å². The molecule has 2 aromatic rings. The largest absolute Gasteiger partial charge is 0.490 e. The van der Waals surface area contributed by atoms with Gasteiger partial charge in [-0.1, -0.05) is 43.7 Å². The number of hydrogen-bond acceptors (Lipinski definition) is 4. The number of amides is 1. The van der Waals surface area contributed by atoms with E-state index in [2.05, 4.69) is 12.2 Å². The van der Waals surface area contributed by atoms with Crippen LogP contribution in [0.1, 0.15) is 61.0 Å². The summed E-state index contributed by atoms with van der Waals surface area (Å²) in [6.07, 6.45) is 2.99. The molecule has 0 aromatic heterocycles. The SMILES string of the molecule is CCCC(NC(=O)CCC(=O)c1ccc2c(c1)OCCCO2)c1ccccc1. The Morgan fingerprint density at radius 1 is 1.00 bits per heavy atom. The lowest BCUT2D eigenvalue weighted by atomic mass is 10.0. The van der Waals surface area contributed by atoms with E-state index in [0.717, 1.165) is 24.8 Å². The third-order valence-corrected chi connectivity index (χ3v) is 4.76. The molecule has 3 rings (SSSR count). The molecule has 1 N–H and O–H groups in total. The van der Waals surface area contributed by atoms with Crippen molar-refractivity contribution in [1.82, 2.24) is 5.32 Å². The highest BCUT2D eigenvalue weighted by atomic mass is 16.5. The highest BCUT2D eigenvalue weighted by molar-refractivity contribution is 5.98. The van der Waals surface area contributed by atoms with E-state index in [4.69, 9.17) is 9.47 Å². The van der Waals surface area contributed by atoms with Crippen LogP contribution in [0.25, 0.3) is 0 Å². The number of carbonyl (C=O) groups is 2. The van der Waals surface area contributed by atoms with E-state index in [0.29, 0.717) is 30.3 Å². The van der Waals surface area contributed by atoms with Gasteiger partial charge < -0.3 is 14.8 Å². The van der Waals surface area contributed by atoms with Gasteiger partial charge in [-0.2, -0.15) is 0 Å². The molecule has 28 heavy (non-hydrogen) atoms. The smallest absolute Gasteiger partial charge is 0.220 e. The Labute approximate surface area is 166 Å². The fraction of sp³-hybridized carbons (Fsp3) is 0.391. The lowest BCUT2D eigenvalue weighted by molar-refractivity contribution is -0.121. The predicted molar refractivity (Wildman–Crippen MR) is 108 cm³/mol. The second-order valence-electron chi connectivity index (χ2n) is 6.95. The van der Waals surface area contributed by atoms with Gasteiger partial charge >= 0.3 is 0 Å². The summed E-state index contributed by atoms with van der Waals surface area (Å²) in [5, 5.41) is 3.06. The van der Waals surface area contributed by atoms with Gasteiger partial charge in [-0.15, -0.1) is 0 Å². The maximum absolute atomic E-state index is 12.5. The van der Waals surface area contributed by atoms with Crippen molar-refractivity contribution in [3.8, 4) is 11.5 Å². The minimum atomic E-state index is -0.106. The Balaban J connectivity index is 1.56. The molecule has 0 spiro atoms. The van der Waals surface area contributed by atoms with Gasteiger partial charge in [0.25, 0.3) is 0 Å². The first-order valence-corrected chi connectivity index (χ1v) is 9.94. The van der Waals surface area contributed by atoms with Crippen molar-refractivity contribution < 1.29 is 19.1 Å². The predicted octanol–water partition coefficient (Wildman–Crippen LogP) is 4.47. The number of fused-ring (bicyclic) bond motifs is 1. The minimum Gasteiger partial charge on any atom is -0.490 e. The molecule has 0 radical (unpaired) electrons. The Kier molecular flexibility index (Phi) is 7.06. The lowest BCUT2D eigenvalue weighted by Gasteiger charge is -2.18. The molecule has 2 aromatic carbocycles. The van der Waals surface area contributed by atoms with Crippen LogP contribution in [0.5, 0.6) is 11.5 Å². The van der Waals surface area contributed by atoms with Crippen molar-refractivity contribution in [2.24, 2.45) is 0 Å². The van der Waals surface area contributed by atoms with Crippen LogP contribution in [-0.4, -0.2) is 24.9 Å². The molecule has 0 saturated heterocycles. The van der Waals surface area contributed by atoms with Gasteiger partial charge in [0.1, 0.15) is 0 Å². The van der Waals surface area contributed by atoms with Crippen LogP contribution in [0, 0.1) is 0 Å². The zero-order chi connectivity index (χ0) is 19.8. The molecule has 5 heteroatoms. The molecular formula is C23H27NO4. The van der Waals surface area contributed by atoms with Gasteiger partial charge in [0.15, 0.2) is 17.3 Å². The fourth-order valence-corrected chi connectivity index (χ4v) is 3.27. The highest BCUT2D eigenvalue weighted by Crippen LogP contribution is 2.30. The minimum absolute atomic E-state index is 0.0214. The number of ketones is 1. The van der Waals surface area contributed by atoms with Crippen LogP contribution in [0.3, 0.4) is 0 Å². The van der Waals surface area contributed by atoms with Crippen LogP contribution in [-0.2, 0) is 4.79 Å². The number of rotatable bonds is 8. The molecule has 1 atom stereocenters. The zero-order valence-electron chi connectivity index (χ0n) is 16.3. The Bertz CT molecular complexity index is 804. The van der Waals surface area contributed by atoms with Crippen molar-refractivity contribution in [3.05, 3.63) is 59.7 Å². The molecule has 0 saturated carbocycles. The molecule has 0 fully saturated rings. The van der Waals surface area contributed by atoms with E-state index in [1.54, 1.807) is 18.2 Å². The van der Waals surface area contributed by atoms with Crippen molar-refractivity contribution >= 4 is 11.7 Å². The summed E-state index contributed by atoms with van der Waals surface area (Å²) < 4.78 is 11.2. The van der Waals surface area contributed by atoms with E-state index < -0.39 is 0 Å². The summed E-state index contributed by atoms with van der Waals surface area (Å²) in [7, 11) is 0. The summed E-state index contributed by atoms with van der Waals surface area (Å²) in [5.74, 6) is 1.08. The standard InChI is InChI=1S/C23H27NO4/c1-2-7-19(17-8-4-3-5-9-17)24-23(26)13-11-20(25)18-10-12-21-22(16-18)28-15-6-14-27-21/h3-5,8-10,12,16,19H,2,6-7,11,13-15H2,1H3,(H,24,26).